The van der Waals surface area contributed by atoms with Crippen molar-refractivity contribution in [2.24, 2.45) is 0 Å². The smallest absolute Gasteiger partial charge is 0.187 e. The maximum atomic E-state index is 4.37. The Kier molecular flexibility index (Phi) is 5.76. The standard InChI is InChI=1S/C17H23N3S/c1-5-18-16(15-8-12(2)6-7-14(15)4)11-21-17-19-9-13(3)10-20-17/h6-10,16,18H,5,11H2,1-4H3. The normalized spacial score (nSPS) is 12.4. The molecule has 1 aromatic heterocycles. The lowest BCUT2D eigenvalue weighted by Crippen LogP contribution is -2.24. The number of rotatable bonds is 6. The molecule has 0 aliphatic rings. The van der Waals surface area contributed by atoms with Crippen LogP contribution < -0.4 is 5.32 Å². The summed E-state index contributed by atoms with van der Waals surface area (Å²) in [5.41, 5.74) is 5.10. The molecule has 4 heteroatoms. The summed E-state index contributed by atoms with van der Waals surface area (Å²) in [6.07, 6.45) is 3.74. The van der Waals surface area contributed by atoms with Crippen LogP contribution in [0.25, 0.3) is 0 Å². The fourth-order valence-corrected chi connectivity index (χ4v) is 3.12. The van der Waals surface area contributed by atoms with Crippen LogP contribution in [0.1, 0.15) is 35.2 Å². The number of hydrogen-bond acceptors (Lipinski definition) is 4. The summed E-state index contributed by atoms with van der Waals surface area (Å²) < 4.78 is 0. The largest absolute Gasteiger partial charge is 0.309 e. The molecule has 112 valence electrons. The first-order valence-electron chi connectivity index (χ1n) is 7.32. The molecule has 0 aliphatic heterocycles. The molecule has 1 atom stereocenters. The van der Waals surface area contributed by atoms with Crippen LogP contribution in [-0.2, 0) is 0 Å². The van der Waals surface area contributed by atoms with Gasteiger partial charge in [0.25, 0.3) is 0 Å². The van der Waals surface area contributed by atoms with Crippen molar-refractivity contribution in [3.05, 3.63) is 52.8 Å². The van der Waals surface area contributed by atoms with E-state index in [4.69, 9.17) is 0 Å². The molecule has 0 saturated heterocycles. The first-order chi connectivity index (χ1) is 10.1. The van der Waals surface area contributed by atoms with Gasteiger partial charge in [-0.1, -0.05) is 42.4 Å². The van der Waals surface area contributed by atoms with Crippen LogP contribution in [0.4, 0.5) is 0 Å². The Morgan fingerprint density at radius 1 is 1.10 bits per heavy atom. The van der Waals surface area contributed by atoms with E-state index >= 15 is 0 Å². The van der Waals surface area contributed by atoms with Crippen LogP contribution in [0.3, 0.4) is 0 Å². The minimum atomic E-state index is 0.324. The van der Waals surface area contributed by atoms with Crippen molar-refractivity contribution in [2.45, 2.75) is 38.9 Å². The summed E-state index contributed by atoms with van der Waals surface area (Å²) in [4.78, 5) is 8.74. The van der Waals surface area contributed by atoms with E-state index in [-0.39, 0.29) is 0 Å². The molecule has 0 bridgehead atoms. The molecule has 3 nitrogen and oxygen atoms in total. The highest BCUT2D eigenvalue weighted by molar-refractivity contribution is 7.99. The third-order valence-corrected chi connectivity index (χ3v) is 4.37. The van der Waals surface area contributed by atoms with E-state index in [1.807, 2.05) is 19.3 Å². The average molecular weight is 301 g/mol. The predicted molar refractivity (Wildman–Crippen MR) is 89.8 cm³/mol. The van der Waals surface area contributed by atoms with Crippen molar-refractivity contribution in [2.75, 3.05) is 12.3 Å². The van der Waals surface area contributed by atoms with Gasteiger partial charge in [0.15, 0.2) is 5.16 Å². The van der Waals surface area contributed by atoms with Gasteiger partial charge in [-0.05, 0) is 44.0 Å². The summed E-state index contributed by atoms with van der Waals surface area (Å²) in [6, 6.07) is 6.96. The third kappa shape index (κ3) is 4.55. The Labute approximate surface area is 131 Å². The van der Waals surface area contributed by atoms with Crippen LogP contribution in [0.2, 0.25) is 0 Å². The van der Waals surface area contributed by atoms with Crippen molar-refractivity contribution in [1.82, 2.24) is 15.3 Å². The van der Waals surface area contributed by atoms with Gasteiger partial charge in [0, 0.05) is 24.2 Å². The Balaban J connectivity index is 2.11. The lowest BCUT2D eigenvalue weighted by Gasteiger charge is -2.20. The molecule has 1 heterocycles. The van der Waals surface area contributed by atoms with E-state index in [2.05, 4.69) is 54.3 Å². The second-order valence-electron chi connectivity index (χ2n) is 5.32. The van der Waals surface area contributed by atoms with E-state index in [1.54, 1.807) is 11.8 Å². The summed E-state index contributed by atoms with van der Waals surface area (Å²) >= 11 is 1.70. The monoisotopic (exact) mass is 301 g/mol. The molecule has 0 amide bonds. The number of benzene rings is 1. The average Bonchev–Trinajstić information content (AvgIpc) is 2.48. The highest BCUT2D eigenvalue weighted by atomic mass is 32.2. The Morgan fingerprint density at radius 2 is 1.81 bits per heavy atom. The van der Waals surface area contributed by atoms with Gasteiger partial charge in [-0.2, -0.15) is 0 Å². The number of thioether (sulfide) groups is 1. The molecule has 0 spiro atoms. The van der Waals surface area contributed by atoms with Gasteiger partial charge in [-0.3, -0.25) is 0 Å². The topological polar surface area (TPSA) is 37.8 Å². The van der Waals surface area contributed by atoms with Crippen molar-refractivity contribution in [3.8, 4) is 0 Å². The van der Waals surface area contributed by atoms with Crippen LogP contribution in [0.5, 0.6) is 0 Å². The van der Waals surface area contributed by atoms with E-state index in [0.717, 1.165) is 23.0 Å². The number of hydrogen-bond donors (Lipinski definition) is 1. The molecule has 2 aromatic rings. The Morgan fingerprint density at radius 3 is 2.48 bits per heavy atom. The highest BCUT2D eigenvalue weighted by Crippen LogP contribution is 2.25. The fourth-order valence-electron chi connectivity index (χ4n) is 2.25. The van der Waals surface area contributed by atoms with Crippen LogP contribution in [0.15, 0.2) is 35.7 Å². The van der Waals surface area contributed by atoms with E-state index in [1.165, 1.54) is 16.7 Å². The molecule has 0 saturated carbocycles. The summed E-state index contributed by atoms with van der Waals surface area (Å²) in [7, 11) is 0. The molecule has 1 N–H and O–H groups in total. The van der Waals surface area contributed by atoms with E-state index < -0.39 is 0 Å². The first kappa shape index (κ1) is 16.0. The molecule has 21 heavy (non-hydrogen) atoms. The van der Waals surface area contributed by atoms with Crippen LogP contribution >= 0.6 is 11.8 Å². The van der Waals surface area contributed by atoms with Gasteiger partial charge in [0.05, 0.1) is 0 Å². The Bertz CT molecular complexity index is 581. The van der Waals surface area contributed by atoms with Crippen molar-refractivity contribution in [1.29, 1.82) is 0 Å². The Hall–Kier alpha value is -1.39. The minimum absolute atomic E-state index is 0.324. The van der Waals surface area contributed by atoms with Crippen molar-refractivity contribution < 1.29 is 0 Å². The zero-order valence-electron chi connectivity index (χ0n) is 13.2. The summed E-state index contributed by atoms with van der Waals surface area (Å²) in [6.45, 7) is 9.42. The van der Waals surface area contributed by atoms with Crippen LogP contribution in [0, 0.1) is 20.8 Å². The van der Waals surface area contributed by atoms with Gasteiger partial charge in [0.2, 0.25) is 0 Å². The van der Waals surface area contributed by atoms with Gasteiger partial charge in [-0.25, -0.2) is 9.97 Å². The molecule has 0 aliphatic carbocycles. The van der Waals surface area contributed by atoms with Gasteiger partial charge in [-0.15, -0.1) is 0 Å². The van der Waals surface area contributed by atoms with Crippen LogP contribution in [-0.4, -0.2) is 22.3 Å². The number of nitrogens with zero attached hydrogens (tertiary/aromatic N) is 2. The van der Waals surface area contributed by atoms with Gasteiger partial charge in [0.1, 0.15) is 0 Å². The second kappa shape index (κ2) is 7.57. The van der Waals surface area contributed by atoms with Crippen molar-refractivity contribution >= 4 is 11.8 Å². The zero-order chi connectivity index (χ0) is 15.2. The second-order valence-corrected chi connectivity index (χ2v) is 6.31. The summed E-state index contributed by atoms with van der Waals surface area (Å²) in [5.74, 6) is 0.932. The molecule has 0 fully saturated rings. The number of aryl methyl sites for hydroxylation is 3. The molecular formula is C17H23N3S. The molecule has 0 radical (unpaired) electrons. The van der Waals surface area contributed by atoms with E-state index in [0.29, 0.717) is 6.04 Å². The quantitative estimate of drug-likeness (QED) is 0.650. The first-order valence-corrected chi connectivity index (χ1v) is 8.30. The molecule has 2 rings (SSSR count). The van der Waals surface area contributed by atoms with E-state index in [9.17, 15) is 0 Å². The van der Waals surface area contributed by atoms with Gasteiger partial charge < -0.3 is 5.32 Å². The fraction of sp³-hybridized carbons (Fsp3) is 0.412. The molecule has 1 unspecified atom stereocenters. The number of nitrogens with one attached hydrogen (secondary N) is 1. The molecule has 1 aromatic carbocycles. The van der Waals surface area contributed by atoms with Crippen molar-refractivity contribution in [3.63, 3.8) is 0 Å². The summed E-state index contributed by atoms with van der Waals surface area (Å²) in [5, 5.41) is 4.41. The third-order valence-electron chi connectivity index (χ3n) is 3.40. The highest BCUT2D eigenvalue weighted by Gasteiger charge is 2.14. The van der Waals surface area contributed by atoms with Gasteiger partial charge >= 0.3 is 0 Å². The zero-order valence-corrected chi connectivity index (χ0v) is 14.0. The molecular weight excluding hydrogens is 278 g/mol. The maximum absolute atomic E-state index is 4.37. The predicted octanol–water partition coefficient (Wildman–Crippen LogP) is 3.84. The SMILES string of the molecule is CCNC(CSc1ncc(C)cn1)c1cc(C)ccc1C. The number of aromatic nitrogens is 2. The minimum Gasteiger partial charge on any atom is -0.309 e. The lowest BCUT2D eigenvalue weighted by molar-refractivity contribution is 0.602. The maximum Gasteiger partial charge on any atom is 0.187 e. The lowest BCUT2D eigenvalue weighted by atomic mass is 10.00.